The molecule has 1 spiro atoms. The number of hydrogen-bond acceptors (Lipinski definition) is 8. The number of amides is 1. The molecule has 4 heterocycles. The Hall–Kier alpha value is -1.89. The van der Waals surface area contributed by atoms with Crippen molar-refractivity contribution in [2.75, 3.05) is 44.3 Å². The minimum absolute atomic E-state index is 0.118. The van der Waals surface area contributed by atoms with Gasteiger partial charge in [0.1, 0.15) is 11.8 Å². The molecular formula is C25H38F3N5O3S. The summed E-state index contributed by atoms with van der Waals surface area (Å²) < 4.78 is 46.9. The van der Waals surface area contributed by atoms with Crippen LogP contribution in [-0.4, -0.2) is 83.0 Å². The Balaban J connectivity index is 1.50. The van der Waals surface area contributed by atoms with Crippen LogP contribution in [0.4, 0.5) is 18.3 Å². The largest absolute Gasteiger partial charge is 0.434 e. The fourth-order valence-electron chi connectivity index (χ4n) is 5.41. The van der Waals surface area contributed by atoms with Gasteiger partial charge in [-0.05, 0) is 37.8 Å². The molecule has 208 valence electrons. The second-order valence-corrected chi connectivity index (χ2v) is 11.6. The van der Waals surface area contributed by atoms with Crippen LogP contribution in [0.3, 0.4) is 0 Å². The number of ether oxygens (including phenoxy) is 1. The molecule has 2 N–H and O–H groups in total. The van der Waals surface area contributed by atoms with Gasteiger partial charge in [0.05, 0.1) is 24.1 Å². The number of aliphatic hydroxyl groups excluding tert-OH is 1. The second-order valence-electron chi connectivity index (χ2n) is 10.5. The van der Waals surface area contributed by atoms with Gasteiger partial charge in [-0.3, -0.25) is 9.69 Å². The van der Waals surface area contributed by atoms with E-state index < -0.39 is 23.6 Å². The topological polar surface area (TPSA) is 81.2 Å². The van der Waals surface area contributed by atoms with Crippen molar-refractivity contribution in [3.63, 3.8) is 0 Å². The summed E-state index contributed by atoms with van der Waals surface area (Å²) in [5.41, 5.74) is -1.75. The van der Waals surface area contributed by atoms with E-state index in [-0.39, 0.29) is 23.4 Å². The number of hydrogen-bond donors (Lipinski definition) is 2. The molecule has 3 saturated heterocycles. The Morgan fingerprint density at radius 1 is 1.24 bits per heavy atom. The van der Waals surface area contributed by atoms with Crippen molar-refractivity contribution in [2.24, 2.45) is 5.92 Å². The van der Waals surface area contributed by atoms with Gasteiger partial charge in [0.2, 0.25) is 5.91 Å². The van der Waals surface area contributed by atoms with Crippen LogP contribution >= 0.6 is 11.3 Å². The molecule has 3 aliphatic heterocycles. The van der Waals surface area contributed by atoms with Crippen molar-refractivity contribution in [3.8, 4) is 0 Å². The predicted octanol–water partition coefficient (Wildman–Crippen LogP) is 3.42. The highest BCUT2D eigenvalue weighted by Crippen LogP contribution is 2.40. The van der Waals surface area contributed by atoms with Gasteiger partial charge in [-0.15, -0.1) is 0 Å². The molecule has 0 aromatic carbocycles. The standard InChI is InChI=1S/C25H38F3N5O3S/c1-4-5-8-33-21(34)18(15-17(2)3)29-22(35)24(33)6-9-31(10-7-24)16-19-20(25(26,27)28)30-23(37-19)32-11-13-36-14-12-32/h5,8,17-18,21,34H,4,6-7,9-16H2,1-3H3,(H,29,35)/b8-5+. The minimum atomic E-state index is -4.53. The lowest BCUT2D eigenvalue weighted by atomic mass is 9.81. The maximum Gasteiger partial charge on any atom is 0.434 e. The minimum Gasteiger partial charge on any atom is -0.378 e. The average molecular weight is 546 g/mol. The summed E-state index contributed by atoms with van der Waals surface area (Å²) in [6.45, 7) is 9.07. The molecule has 1 aromatic rings. The molecule has 0 radical (unpaired) electrons. The summed E-state index contributed by atoms with van der Waals surface area (Å²) in [6, 6.07) is -0.372. The molecule has 4 rings (SSSR count). The average Bonchev–Trinajstić information content (AvgIpc) is 3.29. The third kappa shape index (κ3) is 6.07. The number of rotatable bonds is 7. The Bertz CT molecular complexity index is 956. The predicted molar refractivity (Wildman–Crippen MR) is 136 cm³/mol. The van der Waals surface area contributed by atoms with E-state index in [2.05, 4.69) is 10.3 Å². The van der Waals surface area contributed by atoms with E-state index in [0.29, 0.717) is 69.7 Å². The molecule has 12 heteroatoms. The number of anilines is 1. The summed E-state index contributed by atoms with van der Waals surface area (Å²) in [5, 5.41) is 14.6. The van der Waals surface area contributed by atoms with E-state index in [9.17, 15) is 23.1 Å². The summed E-state index contributed by atoms with van der Waals surface area (Å²) >= 11 is 1.09. The van der Waals surface area contributed by atoms with Crippen LogP contribution in [0.1, 0.15) is 57.0 Å². The zero-order valence-electron chi connectivity index (χ0n) is 21.8. The molecule has 3 fully saturated rings. The molecule has 37 heavy (non-hydrogen) atoms. The number of halogens is 3. The number of thiazole rings is 1. The van der Waals surface area contributed by atoms with E-state index in [1.165, 1.54) is 0 Å². The second kappa shape index (κ2) is 11.5. The highest BCUT2D eigenvalue weighted by molar-refractivity contribution is 7.15. The van der Waals surface area contributed by atoms with Crippen LogP contribution in [0.15, 0.2) is 12.3 Å². The maximum atomic E-state index is 13.8. The van der Waals surface area contributed by atoms with E-state index in [4.69, 9.17) is 4.74 Å². The summed E-state index contributed by atoms with van der Waals surface area (Å²) in [6.07, 6.45) is 0.608. The maximum absolute atomic E-state index is 13.8. The van der Waals surface area contributed by atoms with Crippen LogP contribution in [-0.2, 0) is 22.3 Å². The smallest absolute Gasteiger partial charge is 0.378 e. The first-order valence-electron chi connectivity index (χ1n) is 13.1. The highest BCUT2D eigenvalue weighted by atomic mass is 32.1. The SMILES string of the molecule is CC/C=C/N1C(O)C(CC(C)C)NC(=O)C12CCN(Cc1sc(N3CCOCC3)nc1C(F)(F)F)CC2. The fraction of sp³-hybridized carbons (Fsp3) is 0.760. The van der Waals surface area contributed by atoms with Gasteiger partial charge in [0.25, 0.3) is 0 Å². The number of likely N-dealkylation sites (tertiary alicyclic amines) is 1. The van der Waals surface area contributed by atoms with Crippen molar-refractivity contribution in [2.45, 2.75) is 77.0 Å². The van der Waals surface area contributed by atoms with Crippen LogP contribution in [0.25, 0.3) is 0 Å². The summed E-state index contributed by atoms with van der Waals surface area (Å²) in [7, 11) is 0. The third-order valence-electron chi connectivity index (χ3n) is 7.39. The first kappa shape index (κ1) is 28.1. The first-order chi connectivity index (χ1) is 17.5. The van der Waals surface area contributed by atoms with E-state index in [1.807, 2.05) is 42.8 Å². The zero-order valence-corrected chi connectivity index (χ0v) is 22.6. The van der Waals surface area contributed by atoms with Crippen LogP contribution < -0.4 is 10.2 Å². The normalized spacial score (nSPS) is 25.5. The Morgan fingerprint density at radius 3 is 2.51 bits per heavy atom. The van der Waals surface area contributed by atoms with Crippen molar-refractivity contribution < 1.29 is 27.8 Å². The molecule has 0 aliphatic carbocycles. The molecule has 2 unspecified atom stereocenters. The molecule has 0 saturated carbocycles. The number of alkyl halides is 3. The number of morpholine rings is 1. The van der Waals surface area contributed by atoms with Crippen LogP contribution in [0.5, 0.6) is 0 Å². The van der Waals surface area contributed by atoms with E-state index >= 15 is 0 Å². The molecule has 2 atom stereocenters. The van der Waals surface area contributed by atoms with E-state index in [0.717, 1.165) is 17.8 Å². The number of piperazine rings is 1. The van der Waals surface area contributed by atoms with E-state index in [1.54, 1.807) is 4.90 Å². The van der Waals surface area contributed by atoms with Crippen molar-refractivity contribution >= 4 is 22.4 Å². The molecule has 3 aliphatic rings. The Morgan fingerprint density at radius 2 is 1.92 bits per heavy atom. The van der Waals surface area contributed by atoms with Crippen molar-refractivity contribution in [1.29, 1.82) is 0 Å². The molecule has 1 aromatic heterocycles. The fourth-order valence-corrected chi connectivity index (χ4v) is 6.58. The van der Waals surface area contributed by atoms with Gasteiger partial charge in [0, 0.05) is 32.7 Å². The Labute approximate surface area is 220 Å². The number of nitrogens with one attached hydrogen (secondary N) is 1. The molecular weight excluding hydrogens is 507 g/mol. The van der Waals surface area contributed by atoms with Gasteiger partial charge in [0.15, 0.2) is 10.8 Å². The van der Waals surface area contributed by atoms with Crippen molar-refractivity contribution in [3.05, 3.63) is 22.8 Å². The molecule has 0 bridgehead atoms. The van der Waals surface area contributed by atoms with Crippen LogP contribution in [0.2, 0.25) is 0 Å². The highest BCUT2D eigenvalue weighted by Gasteiger charge is 2.53. The first-order valence-corrected chi connectivity index (χ1v) is 13.9. The zero-order chi connectivity index (χ0) is 26.8. The quantitative estimate of drug-likeness (QED) is 0.544. The number of nitrogens with zero attached hydrogens (tertiary/aromatic N) is 4. The number of aromatic nitrogens is 1. The Kier molecular flexibility index (Phi) is 8.72. The lowest BCUT2D eigenvalue weighted by Crippen LogP contribution is -2.72. The van der Waals surface area contributed by atoms with Crippen LogP contribution in [0, 0.1) is 5.92 Å². The number of allylic oxidation sites excluding steroid dienone is 1. The summed E-state index contributed by atoms with van der Waals surface area (Å²) in [5.74, 6) is 0.185. The number of piperidine rings is 1. The third-order valence-corrected chi connectivity index (χ3v) is 8.49. The summed E-state index contributed by atoms with van der Waals surface area (Å²) in [4.78, 5) is 23.2. The number of aliphatic hydroxyl groups is 1. The molecule has 8 nitrogen and oxygen atoms in total. The van der Waals surface area contributed by atoms with Gasteiger partial charge in [-0.2, -0.15) is 13.2 Å². The number of carbonyl (C=O) groups is 1. The molecule has 1 amide bonds. The lowest BCUT2D eigenvalue weighted by molar-refractivity contribution is -0.160. The van der Waals surface area contributed by atoms with Crippen molar-refractivity contribution in [1.82, 2.24) is 20.1 Å². The van der Waals surface area contributed by atoms with Gasteiger partial charge < -0.3 is 25.0 Å². The number of carbonyl (C=O) groups excluding carboxylic acids is 1. The van der Waals surface area contributed by atoms with Gasteiger partial charge in [-0.25, -0.2) is 4.98 Å². The van der Waals surface area contributed by atoms with Gasteiger partial charge >= 0.3 is 6.18 Å². The monoisotopic (exact) mass is 545 g/mol. The lowest BCUT2D eigenvalue weighted by Gasteiger charge is -2.54. The van der Waals surface area contributed by atoms with Gasteiger partial charge in [-0.1, -0.05) is 38.2 Å².